The summed E-state index contributed by atoms with van der Waals surface area (Å²) in [7, 11) is 0. The minimum absolute atomic E-state index is 0.194. The fraction of sp³-hybridized carbons (Fsp3) is 0.100. The lowest BCUT2D eigenvalue weighted by atomic mass is 10.3. The largest absolute Gasteiger partial charge is 0.434 e. The van der Waals surface area contributed by atoms with Crippen LogP contribution in [0.4, 0.5) is 24.0 Å². The minimum atomic E-state index is -4.41. The summed E-state index contributed by atoms with van der Waals surface area (Å²) in [6.45, 7) is 0. The molecular formula is C10H6ClF3N2S. The molecule has 0 amide bonds. The SMILES string of the molecule is FC(F)(F)c1csc(Nc2ccc(Cl)cc2)n1. The Morgan fingerprint density at radius 1 is 1.18 bits per heavy atom. The van der Waals surface area contributed by atoms with E-state index in [4.69, 9.17) is 11.6 Å². The van der Waals surface area contributed by atoms with E-state index in [-0.39, 0.29) is 5.13 Å². The maximum Gasteiger partial charge on any atom is 0.434 e. The summed E-state index contributed by atoms with van der Waals surface area (Å²) in [6.07, 6.45) is -4.41. The normalized spacial score (nSPS) is 11.5. The van der Waals surface area contributed by atoms with Gasteiger partial charge in [-0.2, -0.15) is 13.2 Å². The van der Waals surface area contributed by atoms with Crippen molar-refractivity contribution in [2.45, 2.75) is 6.18 Å². The molecule has 2 aromatic rings. The van der Waals surface area contributed by atoms with Gasteiger partial charge < -0.3 is 5.32 Å². The number of nitrogens with zero attached hydrogens (tertiary/aromatic N) is 1. The molecule has 17 heavy (non-hydrogen) atoms. The highest BCUT2D eigenvalue weighted by Crippen LogP contribution is 2.32. The van der Waals surface area contributed by atoms with Crippen LogP contribution in [-0.2, 0) is 6.18 Å². The number of nitrogens with one attached hydrogen (secondary N) is 1. The fourth-order valence-electron chi connectivity index (χ4n) is 1.12. The quantitative estimate of drug-likeness (QED) is 0.871. The van der Waals surface area contributed by atoms with Gasteiger partial charge in [0, 0.05) is 16.1 Å². The maximum atomic E-state index is 12.3. The molecule has 0 atom stereocenters. The second-order valence-electron chi connectivity index (χ2n) is 3.17. The second-order valence-corrected chi connectivity index (χ2v) is 4.46. The van der Waals surface area contributed by atoms with Crippen molar-refractivity contribution < 1.29 is 13.2 Å². The third kappa shape index (κ3) is 3.10. The first kappa shape index (κ1) is 12.2. The smallest absolute Gasteiger partial charge is 0.332 e. The Hall–Kier alpha value is -1.27. The van der Waals surface area contributed by atoms with Gasteiger partial charge in [-0.1, -0.05) is 11.6 Å². The minimum Gasteiger partial charge on any atom is -0.332 e. The van der Waals surface area contributed by atoms with Gasteiger partial charge in [-0.3, -0.25) is 0 Å². The second kappa shape index (κ2) is 4.54. The van der Waals surface area contributed by atoms with Crippen LogP contribution in [0.2, 0.25) is 5.02 Å². The average Bonchev–Trinajstić information content (AvgIpc) is 2.69. The molecule has 1 aromatic heterocycles. The van der Waals surface area contributed by atoms with Crippen LogP contribution in [0.15, 0.2) is 29.6 Å². The molecule has 0 saturated carbocycles. The van der Waals surface area contributed by atoms with Crippen LogP contribution in [0.5, 0.6) is 0 Å². The van der Waals surface area contributed by atoms with E-state index in [9.17, 15) is 13.2 Å². The molecule has 0 radical (unpaired) electrons. The molecule has 2 nitrogen and oxygen atoms in total. The molecule has 1 aromatic carbocycles. The molecule has 1 N–H and O–H groups in total. The number of hydrogen-bond donors (Lipinski definition) is 1. The Labute approximate surface area is 104 Å². The summed E-state index contributed by atoms with van der Waals surface area (Å²) in [5.41, 5.74) is -0.253. The van der Waals surface area contributed by atoms with Crippen molar-refractivity contribution in [2.75, 3.05) is 5.32 Å². The predicted octanol–water partition coefficient (Wildman–Crippen LogP) is 4.56. The van der Waals surface area contributed by atoms with Gasteiger partial charge in [0.2, 0.25) is 0 Å². The Morgan fingerprint density at radius 2 is 1.82 bits per heavy atom. The van der Waals surface area contributed by atoms with Crippen LogP contribution >= 0.6 is 22.9 Å². The van der Waals surface area contributed by atoms with Crippen molar-refractivity contribution in [1.29, 1.82) is 0 Å². The van der Waals surface area contributed by atoms with Crippen molar-refractivity contribution in [1.82, 2.24) is 4.98 Å². The lowest BCUT2D eigenvalue weighted by Gasteiger charge is -2.02. The van der Waals surface area contributed by atoms with Gasteiger partial charge >= 0.3 is 6.18 Å². The van der Waals surface area contributed by atoms with Crippen molar-refractivity contribution in [2.24, 2.45) is 0 Å². The van der Waals surface area contributed by atoms with Crippen LogP contribution in [0, 0.1) is 0 Å². The van der Waals surface area contributed by atoms with Gasteiger partial charge in [-0.25, -0.2) is 4.98 Å². The maximum absolute atomic E-state index is 12.3. The third-order valence-electron chi connectivity index (χ3n) is 1.89. The summed E-state index contributed by atoms with van der Waals surface area (Å²) in [5.74, 6) is 0. The Balaban J connectivity index is 2.14. The number of thiazole rings is 1. The van der Waals surface area contributed by atoms with E-state index in [0.29, 0.717) is 10.7 Å². The number of hydrogen-bond acceptors (Lipinski definition) is 3. The molecule has 0 fully saturated rings. The first-order valence-corrected chi connectivity index (χ1v) is 5.76. The Bertz CT molecular complexity index is 507. The first-order valence-electron chi connectivity index (χ1n) is 4.50. The number of aromatic nitrogens is 1. The molecule has 0 saturated heterocycles. The summed E-state index contributed by atoms with van der Waals surface area (Å²) < 4.78 is 36.9. The number of alkyl halides is 3. The summed E-state index contributed by atoms with van der Waals surface area (Å²) in [4.78, 5) is 3.45. The highest BCUT2D eigenvalue weighted by molar-refractivity contribution is 7.13. The molecule has 0 bridgehead atoms. The Kier molecular flexibility index (Phi) is 3.26. The van der Waals surface area contributed by atoms with Crippen LogP contribution in [0.25, 0.3) is 0 Å². The monoisotopic (exact) mass is 278 g/mol. The molecule has 0 aliphatic heterocycles. The first-order chi connectivity index (χ1) is 7.95. The number of anilines is 2. The van der Waals surface area contributed by atoms with Crippen LogP contribution in [-0.4, -0.2) is 4.98 Å². The summed E-state index contributed by atoms with van der Waals surface area (Å²) in [5, 5.41) is 4.50. The number of halogens is 4. The lowest BCUT2D eigenvalue weighted by molar-refractivity contribution is -0.140. The van der Waals surface area contributed by atoms with Gasteiger partial charge in [0.1, 0.15) is 0 Å². The molecule has 0 aliphatic carbocycles. The molecule has 0 unspecified atom stereocenters. The van der Waals surface area contributed by atoms with E-state index in [0.717, 1.165) is 16.7 Å². The van der Waals surface area contributed by atoms with Gasteiger partial charge in [0.05, 0.1) is 0 Å². The highest BCUT2D eigenvalue weighted by atomic mass is 35.5. The van der Waals surface area contributed by atoms with E-state index in [2.05, 4.69) is 10.3 Å². The van der Waals surface area contributed by atoms with E-state index in [1.807, 2.05) is 0 Å². The van der Waals surface area contributed by atoms with Crippen molar-refractivity contribution in [3.05, 3.63) is 40.4 Å². The van der Waals surface area contributed by atoms with Gasteiger partial charge in [-0.05, 0) is 24.3 Å². The van der Waals surface area contributed by atoms with E-state index in [1.54, 1.807) is 24.3 Å². The molecule has 0 spiro atoms. The lowest BCUT2D eigenvalue weighted by Crippen LogP contribution is -2.05. The van der Waals surface area contributed by atoms with Crippen LogP contribution < -0.4 is 5.32 Å². The van der Waals surface area contributed by atoms with Crippen LogP contribution in [0.3, 0.4) is 0 Å². The zero-order valence-corrected chi connectivity index (χ0v) is 9.83. The zero-order chi connectivity index (χ0) is 12.5. The molecule has 0 aliphatic rings. The zero-order valence-electron chi connectivity index (χ0n) is 8.25. The average molecular weight is 279 g/mol. The molecule has 7 heteroatoms. The van der Waals surface area contributed by atoms with E-state index >= 15 is 0 Å². The van der Waals surface area contributed by atoms with Gasteiger partial charge in [0.25, 0.3) is 0 Å². The highest BCUT2D eigenvalue weighted by Gasteiger charge is 2.33. The number of benzene rings is 1. The number of rotatable bonds is 2. The summed E-state index contributed by atoms with van der Waals surface area (Å²) >= 11 is 6.59. The van der Waals surface area contributed by atoms with Crippen LogP contribution in [0.1, 0.15) is 5.69 Å². The van der Waals surface area contributed by atoms with Gasteiger partial charge in [0.15, 0.2) is 10.8 Å². The standard InChI is InChI=1S/C10H6ClF3N2S/c11-6-1-3-7(4-2-6)15-9-16-8(5-17-9)10(12,13)14/h1-5H,(H,15,16). The van der Waals surface area contributed by atoms with E-state index < -0.39 is 11.9 Å². The molecule has 2 rings (SSSR count). The molecule has 1 heterocycles. The third-order valence-corrected chi connectivity index (χ3v) is 2.90. The fourth-order valence-corrected chi connectivity index (χ4v) is 1.98. The van der Waals surface area contributed by atoms with Crippen molar-refractivity contribution >= 4 is 33.8 Å². The molecule has 90 valence electrons. The van der Waals surface area contributed by atoms with Crippen molar-refractivity contribution in [3.8, 4) is 0 Å². The van der Waals surface area contributed by atoms with Crippen molar-refractivity contribution in [3.63, 3.8) is 0 Å². The predicted molar refractivity (Wildman–Crippen MR) is 61.9 cm³/mol. The van der Waals surface area contributed by atoms with E-state index in [1.165, 1.54) is 0 Å². The topological polar surface area (TPSA) is 24.9 Å². The van der Waals surface area contributed by atoms with Gasteiger partial charge in [-0.15, -0.1) is 11.3 Å². The molecular weight excluding hydrogens is 273 g/mol. The summed E-state index contributed by atoms with van der Waals surface area (Å²) in [6, 6.07) is 6.61. The Morgan fingerprint density at radius 3 is 2.35 bits per heavy atom.